The van der Waals surface area contributed by atoms with Gasteiger partial charge in [0.05, 0.1) is 11.5 Å². The van der Waals surface area contributed by atoms with E-state index in [9.17, 15) is 13.6 Å². The first kappa shape index (κ1) is 20.6. The Labute approximate surface area is 174 Å². The number of hydrogen-bond donors (Lipinski definition) is 1. The molecule has 5 nitrogen and oxygen atoms in total. The van der Waals surface area contributed by atoms with Crippen molar-refractivity contribution in [1.82, 2.24) is 5.32 Å². The Balaban J connectivity index is 1.44. The average Bonchev–Trinajstić information content (AvgIpc) is 3.46. The molecule has 1 amide bonds. The van der Waals surface area contributed by atoms with Crippen molar-refractivity contribution >= 4 is 5.91 Å². The molecule has 2 atom stereocenters. The average molecular weight is 417 g/mol. The summed E-state index contributed by atoms with van der Waals surface area (Å²) in [6, 6.07) is 4.58. The van der Waals surface area contributed by atoms with Crippen LogP contribution in [0.4, 0.5) is 8.78 Å². The lowest BCUT2D eigenvalue weighted by molar-refractivity contribution is -0.286. The van der Waals surface area contributed by atoms with Gasteiger partial charge in [0.1, 0.15) is 0 Å². The Morgan fingerprint density at radius 2 is 2.03 bits per heavy atom. The molecular weight excluding hydrogens is 392 g/mol. The molecule has 0 aromatic heterocycles. The van der Waals surface area contributed by atoms with Crippen LogP contribution in [0.3, 0.4) is 0 Å². The smallest absolute Gasteiger partial charge is 0.395 e. The zero-order chi connectivity index (χ0) is 21.4. The van der Waals surface area contributed by atoms with Gasteiger partial charge >= 0.3 is 6.29 Å². The predicted octanol–water partition coefficient (Wildman–Crippen LogP) is 4.39. The fourth-order valence-electron chi connectivity index (χ4n) is 4.07. The summed E-state index contributed by atoms with van der Waals surface area (Å²) in [5.41, 5.74) is 1.02. The summed E-state index contributed by atoms with van der Waals surface area (Å²) >= 11 is 0. The van der Waals surface area contributed by atoms with Crippen LogP contribution in [0.1, 0.15) is 38.2 Å². The van der Waals surface area contributed by atoms with E-state index in [2.05, 4.69) is 21.4 Å². The highest BCUT2D eigenvalue weighted by molar-refractivity contribution is 5.91. The number of rotatable bonds is 6. The molecule has 4 rings (SSSR count). The number of nitrogens with one attached hydrogen (secondary N) is 1. The van der Waals surface area contributed by atoms with E-state index < -0.39 is 11.7 Å². The second kappa shape index (κ2) is 7.87. The SMILES string of the molecule is C=C/C=C\C(=C/C)[C@@H]1C[C@H](NC(=O)C2(c3ccc4c(c3)OC(F)(F)O4)CC2)CCO1. The van der Waals surface area contributed by atoms with Crippen LogP contribution in [0, 0.1) is 0 Å². The molecule has 2 heterocycles. The van der Waals surface area contributed by atoms with E-state index >= 15 is 0 Å². The van der Waals surface area contributed by atoms with Crippen LogP contribution in [0.25, 0.3) is 0 Å². The van der Waals surface area contributed by atoms with Crippen molar-refractivity contribution in [3.8, 4) is 11.5 Å². The van der Waals surface area contributed by atoms with Crippen LogP contribution in [0.2, 0.25) is 0 Å². The van der Waals surface area contributed by atoms with E-state index in [1.54, 1.807) is 12.1 Å². The number of carbonyl (C=O) groups excluding carboxylic acids is 1. The lowest BCUT2D eigenvalue weighted by Gasteiger charge is -2.32. The molecule has 2 aliphatic heterocycles. The second-order valence-electron chi connectivity index (χ2n) is 7.85. The van der Waals surface area contributed by atoms with Gasteiger partial charge < -0.3 is 19.5 Å². The molecule has 1 saturated carbocycles. The number of allylic oxidation sites excluding steroid dienone is 3. The maximum absolute atomic E-state index is 13.3. The van der Waals surface area contributed by atoms with Gasteiger partial charge in [0.25, 0.3) is 0 Å². The van der Waals surface area contributed by atoms with Crippen LogP contribution < -0.4 is 14.8 Å². The van der Waals surface area contributed by atoms with E-state index in [0.717, 1.165) is 12.0 Å². The van der Waals surface area contributed by atoms with Crippen LogP contribution in [0.5, 0.6) is 11.5 Å². The summed E-state index contributed by atoms with van der Waals surface area (Å²) < 4.78 is 41.5. The van der Waals surface area contributed by atoms with Crippen LogP contribution in [-0.2, 0) is 14.9 Å². The van der Waals surface area contributed by atoms with Gasteiger partial charge in [0, 0.05) is 12.6 Å². The Morgan fingerprint density at radius 1 is 1.27 bits per heavy atom. The molecule has 7 heteroatoms. The minimum absolute atomic E-state index is 0.0147. The van der Waals surface area contributed by atoms with Gasteiger partial charge in [-0.1, -0.05) is 36.9 Å². The van der Waals surface area contributed by atoms with Gasteiger partial charge in [0.15, 0.2) is 11.5 Å². The molecule has 1 aromatic carbocycles. The van der Waals surface area contributed by atoms with Crippen molar-refractivity contribution in [2.75, 3.05) is 6.61 Å². The zero-order valence-corrected chi connectivity index (χ0v) is 16.8. The Hall–Kier alpha value is -2.67. The van der Waals surface area contributed by atoms with Gasteiger partial charge in [-0.3, -0.25) is 4.79 Å². The van der Waals surface area contributed by atoms with Crippen LogP contribution in [-0.4, -0.2) is 31.0 Å². The molecule has 0 bridgehead atoms. The topological polar surface area (TPSA) is 56.8 Å². The lowest BCUT2D eigenvalue weighted by Crippen LogP contribution is -2.46. The van der Waals surface area contributed by atoms with E-state index in [1.165, 1.54) is 12.1 Å². The number of alkyl halides is 2. The highest BCUT2D eigenvalue weighted by atomic mass is 19.3. The molecule has 30 heavy (non-hydrogen) atoms. The Morgan fingerprint density at radius 3 is 2.73 bits per heavy atom. The first-order chi connectivity index (χ1) is 14.4. The maximum atomic E-state index is 13.3. The van der Waals surface area contributed by atoms with Crippen molar-refractivity contribution < 1.29 is 27.8 Å². The summed E-state index contributed by atoms with van der Waals surface area (Å²) in [6.45, 7) is 6.20. The number of hydrogen-bond acceptors (Lipinski definition) is 4. The van der Waals surface area contributed by atoms with Gasteiger partial charge in [-0.2, -0.15) is 0 Å². The summed E-state index contributed by atoms with van der Waals surface area (Å²) in [4.78, 5) is 13.1. The zero-order valence-electron chi connectivity index (χ0n) is 16.8. The van der Waals surface area contributed by atoms with Crippen LogP contribution in [0.15, 0.2) is 54.7 Å². The molecule has 0 spiro atoms. The van der Waals surface area contributed by atoms with Gasteiger partial charge in [-0.25, -0.2) is 0 Å². The standard InChI is InChI=1S/C23H25F2NO4/c1-3-5-6-15(4-2)19-14-17(9-12-28-19)26-21(27)22(10-11-22)16-7-8-18-20(13-16)30-23(24,25)29-18/h3-8,13,17,19H,1,9-12,14H2,2H3,(H,26,27)/b6-5-,15-4+/t17-,19+/m1/s1. The van der Waals surface area contributed by atoms with Gasteiger partial charge in [0.2, 0.25) is 5.91 Å². The second-order valence-corrected chi connectivity index (χ2v) is 7.85. The molecule has 0 unspecified atom stereocenters. The molecule has 2 fully saturated rings. The first-order valence-electron chi connectivity index (χ1n) is 10.1. The third-order valence-electron chi connectivity index (χ3n) is 5.89. The fraction of sp³-hybridized carbons (Fsp3) is 0.435. The maximum Gasteiger partial charge on any atom is 0.586 e. The van der Waals surface area contributed by atoms with Crippen molar-refractivity contribution in [1.29, 1.82) is 0 Å². The summed E-state index contributed by atoms with van der Waals surface area (Å²) in [5, 5.41) is 3.16. The number of benzene rings is 1. The summed E-state index contributed by atoms with van der Waals surface area (Å²) in [7, 11) is 0. The lowest BCUT2D eigenvalue weighted by atomic mass is 9.92. The van der Waals surface area contributed by atoms with E-state index in [-0.39, 0.29) is 29.6 Å². The molecule has 0 radical (unpaired) electrons. The molecular formula is C23H25F2NO4. The van der Waals surface area contributed by atoms with Crippen molar-refractivity contribution in [2.45, 2.75) is 56.5 Å². The predicted molar refractivity (Wildman–Crippen MR) is 108 cm³/mol. The van der Waals surface area contributed by atoms with Gasteiger partial charge in [-0.05, 0) is 55.9 Å². The quantitative estimate of drug-likeness (QED) is 0.698. The fourth-order valence-corrected chi connectivity index (χ4v) is 4.07. The minimum Gasteiger partial charge on any atom is -0.395 e. The molecule has 3 aliphatic rings. The Bertz CT molecular complexity index is 904. The molecule has 1 saturated heterocycles. The molecule has 1 N–H and O–H groups in total. The number of ether oxygens (including phenoxy) is 3. The number of carbonyl (C=O) groups is 1. The van der Waals surface area contributed by atoms with E-state index in [4.69, 9.17) is 4.74 Å². The summed E-state index contributed by atoms with van der Waals surface area (Å²) in [5.74, 6) is -0.129. The molecule has 160 valence electrons. The third kappa shape index (κ3) is 3.99. The minimum atomic E-state index is -3.67. The number of fused-ring (bicyclic) bond motifs is 1. The molecule has 1 aliphatic carbocycles. The van der Waals surface area contributed by atoms with Gasteiger partial charge in [-0.15, -0.1) is 8.78 Å². The van der Waals surface area contributed by atoms with Crippen molar-refractivity contribution in [3.05, 3.63) is 60.2 Å². The number of amides is 1. The highest BCUT2D eigenvalue weighted by Crippen LogP contribution is 2.52. The van der Waals surface area contributed by atoms with E-state index in [1.807, 2.05) is 25.2 Å². The van der Waals surface area contributed by atoms with Crippen molar-refractivity contribution in [2.24, 2.45) is 0 Å². The third-order valence-corrected chi connectivity index (χ3v) is 5.89. The monoisotopic (exact) mass is 417 g/mol. The first-order valence-corrected chi connectivity index (χ1v) is 10.1. The largest absolute Gasteiger partial charge is 0.586 e. The normalized spacial score (nSPS) is 26.4. The number of halogens is 2. The molecule has 1 aromatic rings. The highest BCUT2D eigenvalue weighted by Gasteiger charge is 2.53. The Kier molecular flexibility index (Phi) is 5.40. The van der Waals surface area contributed by atoms with Crippen molar-refractivity contribution in [3.63, 3.8) is 0 Å². The van der Waals surface area contributed by atoms with Crippen LogP contribution >= 0.6 is 0 Å². The van der Waals surface area contributed by atoms with E-state index in [0.29, 0.717) is 31.4 Å². The summed E-state index contributed by atoms with van der Waals surface area (Å²) in [6.07, 6.45) is 6.53.